The molecule has 1 aromatic heterocycles. The molecule has 0 bridgehead atoms. The third-order valence-corrected chi connectivity index (χ3v) is 6.89. The average Bonchev–Trinajstić information content (AvgIpc) is 3.50. The van der Waals surface area contributed by atoms with E-state index in [1.807, 2.05) is 62.4 Å². The van der Waals surface area contributed by atoms with Crippen molar-refractivity contribution in [2.24, 2.45) is 5.92 Å². The molecule has 6 heteroatoms. The molecule has 1 heterocycles. The van der Waals surface area contributed by atoms with E-state index in [9.17, 15) is 9.59 Å². The Kier molecular flexibility index (Phi) is 5.23. The van der Waals surface area contributed by atoms with Crippen LogP contribution in [0.1, 0.15) is 39.4 Å². The van der Waals surface area contributed by atoms with Gasteiger partial charge in [-0.05, 0) is 61.1 Å². The Balaban J connectivity index is 1.29. The van der Waals surface area contributed by atoms with Crippen molar-refractivity contribution in [2.75, 3.05) is 10.6 Å². The molecular weight excluding hydrogens is 418 g/mol. The zero-order chi connectivity index (χ0) is 22.2. The Labute approximate surface area is 190 Å². The molecule has 2 amide bonds. The predicted octanol–water partition coefficient (Wildman–Crippen LogP) is 5.91. The summed E-state index contributed by atoms with van der Waals surface area (Å²) in [7, 11) is 0. The van der Waals surface area contributed by atoms with Crippen molar-refractivity contribution in [1.82, 2.24) is 4.98 Å². The fraction of sp³-hybridized carbons (Fsp3) is 0.192. The van der Waals surface area contributed by atoms with Gasteiger partial charge in [0.25, 0.3) is 5.91 Å². The number of nitrogens with one attached hydrogen (secondary N) is 2. The summed E-state index contributed by atoms with van der Waals surface area (Å²) in [6.45, 7) is 3.96. The van der Waals surface area contributed by atoms with Gasteiger partial charge in [0.15, 0.2) is 5.13 Å². The van der Waals surface area contributed by atoms with Crippen LogP contribution >= 0.6 is 11.3 Å². The summed E-state index contributed by atoms with van der Waals surface area (Å²) in [6.07, 6.45) is 0.864. The summed E-state index contributed by atoms with van der Waals surface area (Å²) in [5, 5.41) is 6.55. The minimum absolute atomic E-state index is 0.00547. The molecule has 1 saturated carbocycles. The largest absolute Gasteiger partial charge is 0.322 e. The highest BCUT2D eigenvalue weighted by atomic mass is 32.1. The number of hydrogen-bond donors (Lipinski definition) is 2. The van der Waals surface area contributed by atoms with Gasteiger partial charge in [-0.25, -0.2) is 4.98 Å². The molecule has 32 heavy (non-hydrogen) atoms. The molecule has 4 aromatic rings. The Morgan fingerprint density at radius 2 is 1.69 bits per heavy atom. The molecule has 0 saturated heterocycles. The summed E-state index contributed by atoms with van der Waals surface area (Å²) < 4.78 is 0.866. The van der Waals surface area contributed by atoms with E-state index >= 15 is 0 Å². The van der Waals surface area contributed by atoms with Crippen molar-refractivity contribution in [3.63, 3.8) is 0 Å². The average molecular weight is 442 g/mol. The van der Waals surface area contributed by atoms with Crippen molar-refractivity contribution >= 4 is 44.2 Å². The summed E-state index contributed by atoms with van der Waals surface area (Å²) in [5.41, 5.74) is 5.42. The molecule has 160 valence electrons. The van der Waals surface area contributed by atoms with Crippen molar-refractivity contribution in [3.8, 4) is 0 Å². The normalized spacial score (nSPS) is 17.2. The van der Waals surface area contributed by atoms with Gasteiger partial charge in [-0.3, -0.25) is 9.59 Å². The van der Waals surface area contributed by atoms with Gasteiger partial charge in [0.05, 0.1) is 10.2 Å². The molecule has 0 spiro atoms. The summed E-state index contributed by atoms with van der Waals surface area (Å²) in [5.74, 6) is 0.117. The SMILES string of the molecule is Cc1cccc(C)c1NC(=O)c1ccc2nc(NC(=O)C3C[C@H]3c3ccccc3)sc2c1. The van der Waals surface area contributed by atoms with Gasteiger partial charge in [-0.15, -0.1) is 0 Å². The summed E-state index contributed by atoms with van der Waals surface area (Å²) in [4.78, 5) is 30.0. The molecule has 2 N–H and O–H groups in total. The maximum absolute atomic E-state index is 12.8. The molecule has 1 unspecified atom stereocenters. The molecule has 5 rings (SSSR count). The van der Waals surface area contributed by atoms with E-state index in [1.54, 1.807) is 6.07 Å². The molecule has 1 aliphatic rings. The molecule has 5 nitrogen and oxygen atoms in total. The zero-order valence-electron chi connectivity index (χ0n) is 17.9. The van der Waals surface area contributed by atoms with Gasteiger partial charge < -0.3 is 10.6 Å². The Morgan fingerprint density at radius 3 is 2.44 bits per heavy atom. The Morgan fingerprint density at radius 1 is 0.938 bits per heavy atom. The van der Waals surface area contributed by atoms with Crippen LogP contribution in [0.15, 0.2) is 66.7 Å². The number of amides is 2. The second-order valence-electron chi connectivity index (χ2n) is 8.27. The monoisotopic (exact) mass is 441 g/mol. The van der Waals surface area contributed by atoms with Crippen LogP contribution in [-0.2, 0) is 4.79 Å². The van der Waals surface area contributed by atoms with Crippen LogP contribution in [0.5, 0.6) is 0 Å². The molecule has 3 aromatic carbocycles. The quantitative estimate of drug-likeness (QED) is 0.405. The van der Waals surface area contributed by atoms with E-state index in [0.717, 1.165) is 33.5 Å². The van der Waals surface area contributed by atoms with Gasteiger partial charge in [0.1, 0.15) is 0 Å². The standard InChI is InChI=1S/C26H23N3O2S/c1-15-7-6-8-16(2)23(15)28-24(30)18-11-12-21-22(13-18)32-26(27-21)29-25(31)20-14-19(20)17-9-4-3-5-10-17/h3-13,19-20H,14H2,1-2H3,(H,28,30)(H,27,29,31)/t19-,20?/m0/s1. The minimum Gasteiger partial charge on any atom is -0.322 e. The third-order valence-electron chi connectivity index (χ3n) is 5.96. The predicted molar refractivity (Wildman–Crippen MR) is 129 cm³/mol. The topological polar surface area (TPSA) is 71.1 Å². The van der Waals surface area contributed by atoms with Gasteiger partial charge in [0, 0.05) is 17.2 Å². The van der Waals surface area contributed by atoms with E-state index in [0.29, 0.717) is 10.7 Å². The van der Waals surface area contributed by atoms with Gasteiger partial charge in [0.2, 0.25) is 5.91 Å². The number of thiazole rings is 1. The lowest BCUT2D eigenvalue weighted by atomic mass is 10.1. The number of rotatable bonds is 5. The highest BCUT2D eigenvalue weighted by Gasteiger charge is 2.44. The Hall–Kier alpha value is -3.51. The smallest absolute Gasteiger partial charge is 0.255 e. The molecule has 0 radical (unpaired) electrons. The fourth-order valence-corrected chi connectivity index (χ4v) is 4.98. The van der Waals surface area contributed by atoms with Crippen molar-refractivity contribution in [2.45, 2.75) is 26.2 Å². The van der Waals surface area contributed by atoms with E-state index in [4.69, 9.17) is 0 Å². The second kappa shape index (κ2) is 8.20. The highest BCUT2D eigenvalue weighted by molar-refractivity contribution is 7.22. The highest BCUT2D eigenvalue weighted by Crippen LogP contribution is 2.48. The van der Waals surface area contributed by atoms with E-state index in [-0.39, 0.29) is 23.7 Å². The maximum atomic E-state index is 12.8. The summed E-state index contributed by atoms with van der Waals surface area (Å²) >= 11 is 1.39. The van der Waals surface area contributed by atoms with Crippen molar-refractivity contribution in [1.29, 1.82) is 0 Å². The van der Waals surface area contributed by atoms with E-state index in [2.05, 4.69) is 27.8 Å². The lowest BCUT2D eigenvalue weighted by Gasteiger charge is -2.11. The second-order valence-corrected chi connectivity index (χ2v) is 9.30. The van der Waals surface area contributed by atoms with Crippen LogP contribution < -0.4 is 10.6 Å². The lowest BCUT2D eigenvalue weighted by Crippen LogP contribution is -2.14. The van der Waals surface area contributed by atoms with Gasteiger partial charge in [-0.1, -0.05) is 59.9 Å². The van der Waals surface area contributed by atoms with Crippen LogP contribution in [0.25, 0.3) is 10.2 Å². The van der Waals surface area contributed by atoms with Crippen LogP contribution in [0.3, 0.4) is 0 Å². The van der Waals surface area contributed by atoms with Crippen molar-refractivity contribution < 1.29 is 9.59 Å². The number of aryl methyl sites for hydroxylation is 2. The van der Waals surface area contributed by atoms with Crippen LogP contribution in [0, 0.1) is 19.8 Å². The number of para-hydroxylation sites is 1. The third kappa shape index (κ3) is 4.01. The number of carbonyl (C=O) groups is 2. The first-order valence-corrected chi connectivity index (χ1v) is 11.5. The molecule has 0 aliphatic heterocycles. The first kappa shape index (κ1) is 20.4. The molecule has 1 fully saturated rings. The number of aromatic nitrogens is 1. The molecular formula is C26H23N3O2S. The van der Waals surface area contributed by atoms with Crippen LogP contribution in [0.4, 0.5) is 10.8 Å². The fourth-order valence-electron chi connectivity index (χ4n) is 4.07. The minimum atomic E-state index is -0.160. The Bertz CT molecular complexity index is 1310. The first-order valence-electron chi connectivity index (χ1n) is 10.6. The van der Waals surface area contributed by atoms with Crippen molar-refractivity contribution in [3.05, 3.63) is 89.0 Å². The number of carbonyl (C=O) groups excluding carboxylic acids is 2. The number of benzene rings is 3. The number of fused-ring (bicyclic) bond motifs is 1. The van der Waals surface area contributed by atoms with E-state index in [1.165, 1.54) is 16.9 Å². The number of hydrogen-bond acceptors (Lipinski definition) is 4. The van der Waals surface area contributed by atoms with Gasteiger partial charge >= 0.3 is 0 Å². The maximum Gasteiger partial charge on any atom is 0.255 e. The van der Waals surface area contributed by atoms with Crippen LogP contribution in [-0.4, -0.2) is 16.8 Å². The lowest BCUT2D eigenvalue weighted by molar-refractivity contribution is -0.117. The number of anilines is 2. The molecule has 1 aliphatic carbocycles. The van der Waals surface area contributed by atoms with Crippen LogP contribution in [0.2, 0.25) is 0 Å². The number of nitrogens with zero attached hydrogens (tertiary/aromatic N) is 1. The summed E-state index contributed by atoms with van der Waals surface area (Å²) in [6, 6.07) is 21.5. The molecule has 2 atom stereocenters. The first-order chi connectivity index (χ1) is 15.5. The van der Waals surface area contributed by atoms with Gasteiger partial charge in [-0.2, -0.15) is 0 Å². The zero-order valence-corrected chi connectivity index (χ0v) is 18.7. The van der Waals surface area contributed by atoms with E-state index < -0.39 is 0 Å².